The van der Waals surface area contributed by atoms with Crippen molar-refractivity contribution in [1.29, 1.82) is 5.26 Å². The van der Waals surface area contributed by atoms with E-state index in [1.54, 1.807) is 17.8 Å². The molecule has 1 aromatic carbocycles. The van der Waals surface area contributed by atoms with Crippen LogP contribution < -0.4 is 5.32 Å². The van der Waals surface area contributed by atoms with Crippen LogP contribution in [0.25, 0.3) is 0 Å². The predicted molar refractivity (Wildman–Crippen MR) is 62.5 cm³/mol. The van der Waals surface area contributed by atoms with Gasteiger partial charge in [-0.3, -0.25) is 0 Å². The topological polar surface area (TPSA) is 35.8 Å². The van der Waals surface area contributed by atoms with Crippen LogP contribution in [-0.4, -0.2) is 18.1 Å². The number of nitrogens with one attached hydrogen (secondary N) is 1. The Labute approximate surface area is 97.7 Å². The number of hydrogen-bond acceptors (Lipinski definition) is 3. The zero-order chi connectivity index (χ0) is 12.1. The monoisotopic (exact) mass is 242 g/mol. The second kappa shape index (κ2) is 5.71. The van der Waals surface area contributed by atoms with E-state index in [2.05, 4.69) is 5.32 Å². The molecule has 1 unspecified atom stereocenters. The minimum absolute atomic E-state index is 0.0948. The summed E-state index contributed by atoms with van der Waals surface area (Å²) in [6.45, 7) is 2.53. The van der Waals surface area contributed by atoms with Gasteiger partial charge in [0.1, 0.15) is 6.07 Å². The first-order chi connectivity index (χ1) is 7.60. The Kier molecular flexibility index (Phi) is 4.56. The minimum atomic E-state index is -1.09. The highest BCUT2D eigenvalue weighted by Crippen LogP contribution is 2.20. The van der Waals surface area contributed by atoms with E-state index < -0.39 is 11.6 Å². The average Bonchev–Trinajstić information content (AvgIpc) is 2.30. The van der Waals surface area contributed by atoms with Gasteiger partial charge in [-0.15, -0.1) is 0 Å². The molecule has 1 aromatic rings. The number of halogens is 2. The normalized spacial score (nSPS) is 11.9. The van der Waals surface area contributed by atoms with Crippen LogP contribution in [0, 0.1) is 23.0 Å². The highest BCUT2D eigenvalue weighted by molar-refractivity contribution is 7.99. The quantitative estimate of drug-likeness (QED) is 0.881. The lowest BCUT2D eigenvalue weighted by Crippen LogP contribution is -2.14. The number of nitriles is 1. The fourth-order valence-electron chi connectivity index (χ4n) is 1.11. The molecule has 0 fully saturated rings. The summed E-state index contributed by atoms with van der Waals surface area (Å²) in [5.41, 5.74) is -0.182. The summed E-state index contributed by atoms with van der Waals surface area (Å²) < 4.78 is 26.6. The largest absolute Gasteiger partial charge is 0.381 e. The molecule has 16 heavy (non-hydrogen) atoms. The van der Waals surface area contributed by atoms with E-state index in [-0.39, 0.29) is 11.3 Å². The van der Waals surface area contributed by atoms with Gasteiger partial charge in [-0.05, 0) is 18.4 Å². The predicted octanol–water partition coefficient (Wildman–Crippen LogP) is 3.00. The lowest BCUT2D eigenvalue weighted by molar-refractivity contribution is 0.508. The molecule has 0 aromatic heterocycles. The van der Waals surface area contributed by atoms with Crippen LogP contribution in [0.5, 0.6) is 0 Å². The van der Waals surface area contributed by atoms with Crippen molar-refractivity contribution in [2.45, 2.75) is 12.2 Å². The van der Waals surface area contributed by atoms with Crippen molar-refractivity contribution >= 4 is 17.4 Å². The number of thioether (sulfide) groups is 1. The van der Waals surface area contributed by atoms with Gasteiger partial charge < -0.3 is 5.32 Å². The Morgan fingerprint density at radius 3 is 2.69 bits per heavy atom. The summed E-state index contributed by atoms with van der Waals surface area (Å²) in [7, 11) is 0. The summed E-state index contributed by atoms with van der Waals surface area (Å²) >= 11 is 1.63. The van der Waals surface area contributed by atoms with E-state index >= 15 is 0 Å². The first kappa shape index (κ1) is 12.8. The molecule has 0 aliphatic heterocycles. The zero-order valence-electron chi connectivity index (χ0n) is 9.05. The summed E-state index contributed by atoms with van der Waals surface area (Å²) in [4.78, 5) is 0. The maximum Gasteiger partial charge on any atom is 0.183 e. The molecule has 0 aliphatic carbocycles. The van der Waals surface area contributed by atoms with E-state index in [0.717, 1.165) is 0 Å². The van der Waals surface area contributed by atoms with Gasteiger partial charge in [0, 0.05) is 11.8 Å². The molecular formula is C11H12F2N2S. The Morgan fingerprint density at radius 1 is 1.44 bits per heavy atom. The average molecular weight is 242 g/mol. The summed E-state index contributed by atoms with van der Waals surface area (Å²) in [5, 5.41) is 11.6. The molecule has 1 atom stereocenters. The summed E-state index contributed by atoms with van der Waals surface area (Å²) in [6.07, 6.45) is 1.95. The number of hydrogen-bond donors (Lipinski definition) is 1. The number of rotatable bonds is 4. The Morgan fingerprint density at radius 2 is 2.12 bits per heavy atom. The number of nitrogens with zero attached hydrogens (tertiary/aromatic N) is 1. The fraction of sp³-hybridized carbons (Fsp3) is 0.364. The van der Waals surface area contributed by atoms with Crippen molar-refractivity contribution < 1.29 is 8.78 Å². The van der Waals surface area contributed by atoms with Crippen LogP contribution in [0.2, 0.25) is 0 Å². The highest BCUT2D eigenvalue weighted by atomic mass is 32.2. The lowest BCUT2D eigenvalue weighted by atomic mass is 10.2. The van der Waals surface area contributed by atoms with Gasteiger partial charge in [0.2, 0.25) is 0 Å². The zero-order valence-corrected chi connectivity index (χ0v) is 9.87. The van der Waals surface area contributed by atoms with Gasteiger partial charge in [-0.25, -0.2) is 8.78 Å². The maximum atomic E-state index is 13.4. The lowest BCUT2D eigenvalue weighted by Gasteiger charge is -2.12. The minimum Gasteiger partial charge on any atom is -0.381 e. The Balaban J connectivity index is 2.84. The van der Waals surface area contributed by atoms with E-state index in [0.29, 0.717) is 11.8 Å². The van der Waals surface area contributed by atoms with Gasteiger partial charge in [0.15, 0.2) is 11.6 Å². The maximum absolute atomic E-state index is 13.4. The first-order valence-electron chi connectivity index (χ1n) is 4.75. The Bertz CT molecular complexity index is 415. The smallest absolute Gasteiger partial charge is 0.183 e. The molecule has 1 rings (SSSR count). The molecule has 0 aliphatic rings. The first-order valence-corrected chi connectivity index (χ1v) is 6.03. The van der Waals surface area contributed by atoms with Gasteiger partial charge in [-0.1, -0.05) is 6.92 Å². The molecular weight excluding hydrogens is 230 g/mol. The van der Waals surface area contributed by atoms with E-state index in [1.165, 1.54) is 12.1 Å². The van der Waals surface area contributed by atoms with Gasteiger partial charge >= 0.3 is 0 Å². The van der Waals surface area contributed by atoms with E-state index in [1.807, 2.05) is 13.2 Å². The van der Waals surface area contributed by atoms with Crippen molar-refractivity contribution in [3.8, 4) is 6.07 Å². The van der Waals surface area contributed by atoms with Crippen LogP contribution in [0.3, 0.4) is 0 Å². The number of anilines is 1. The van der Waals surface area contributed by atoms with Crippen LogP contribution in [0.1, 0.15) is 12.5 Å². The van der Waals surface area contributed by atoms with Crippen molar-refractivity contribution in [1.82, 2.24) is 0 Å². The van der Waals surface area contributed by atoms with Crippen LogP contribution in [0.4, 0.5) is 14.5 Å². The molecule has 0 saturated heterocycles. The third-order valence-corrected chi connectivity index (χ3v) is 3.16. The number of benzene rings is 1. The second-order valence-corrected chi connectivity index (χ2v) is 4.60. The molecule has 0 saturated carbocycles. The molecule has 0 radical (unpaired) electrons. The van der Waals surface area contributed by atoms with Gasteiger partial charge in [0.05, 0.1) is 11.3 Å². The molecule has 0 amide bonds. The highest BCUT2D eigenvalue weighted by Gasteiger charge is 2.13. The van der Waals surface area contributed by atoms with Crippen molar-refractivity contribution in [2.75, 3.05) is 18.1 Å². The molecule has 0 heterocycles. The van der Waals surface area contributed by atoms with Crippen molar-refractivity contribution in [3.63, 3.8) is 0 Å². The van der Waals surface area contributed by atoms with Crippen molar-refractivity contribution in [3.05, 3.63) is 29.3 Å². The molecule has 2 nitrogen and oxygen atoms in total. The molecule has 0 spiro atoms. The van der Waals surface area contributed by atoms with Crippen LogP contribution in [-0.2, 0) is 0 Å². The molecule has 5 heteroatoms. The van der Waals surface area contributed by atoms with E-state index in [4.69, 9.17) is 5.26 Å². The van der Waals surface area contributed by atoms with Crippen molar-refractivity contribution in [2.24, 2.45) is 0 Å². The second-order valence-electron chi connectivity index (χ2n) is 3.33. The molecule has 1 N–H and O–H groups in total. The Hall–Kier alpha value is -1.28. The van der Waals surface area contributed by atoms with Crippen LogP contribution >= 0.6 is 11.8 Å². The van der Waals surface area contributed by atoms with Gasteiger partial charge in [-0.2, -0.15) is 17.0 Å². The molecule has 86 valence electrons. The van der Waals surface area contributed by atoms with Crippen LogP contribution in [0.15, 0.2) is 12.1 Å². The third-order valence-electron chi connectivity index (χ3n) is 2.19. The molecule has 0 bridgehead atoms. The summed E-state index contributed by atoms with van der Waals surface area (Å²) in [6, 6.07) is 4.24. The van der Waals surface area contributed by atoms with Gasteiger partial charge in [0.25, 0.3) is 0 Å². The third kappa shape index (κ3) is 2.86. The standard InChI is InChI=1S/C11H12F2N2S/c1-7(16-2)6-15-9-4-3-8(5-14)10(12)11(9)13/h3-4,7,15H,6H2,1-2H3. The summed E-state index contributed by atoms with van der Waals surface area (Å²) in [5.74, 6) is -2.09. The SMILES string of the molecule is CSC(C)CNc1ccc(C#N)c(F)c1F. The van der Waals surface area contributed by atoms with E-state index in [9.17, 15) is 8.78 Å². The fourth-order valence-corrected chi connectivity index (χ4v) is 1.36.